The summed E-state index contributed by atoms with van der Waals surface area (Å²) in [5.41, 5.74) is 0.552. The number of carbonyl (C=O) groups is 2. The van der Waals surface area contributed by atoms with Crippen LogP contribution in [0, 0.1) is 11.2 Å². The Labute approximate surface area is 124 Å². The van der Waals surface area contributed by atoms with Crippen LogP contribution in [0.2, 0.25) is 0 Å². The van der Waals surface area contributed by atoms with Gasteiger partial charge in [0.15, 0.2) is 0 Å². The molecule has 1 unspecified atom stereocenters. The third-order valence-electron chi connectivity index (χ3n) is 3.37. The van der Waals surface area contributed by atoms with E-state index in [1.807, 2.05) is 20.8 Å². The molecular formula is C16H21FN2O2. The van der Waals surface area contributed by atoms with Gasteiger partial charge in [0.2, 0.25) is 11.8 Å². The van der Waals surface area contributed by atoms with Gasteiger partial charge in [-0.05, 0) is 36.1 Å². The fourth-order valence-electron chi connectivity index (χ4n) is 2.42. The molecule has 2 rings (SSSR count). The molecule has 0 radical (unpaired) electrons. The van der Waals surface area contributed by atoms with E-state index in [2.05, 4.69) is 5.32 Å². The minimum absolute atomic E-state index is 0.109. The highest BCUT2D eigenvalue weighted by molar-refractivity contribution is 6.01. The summed E-state index contributed by atoms with van der Waals surface area (Å²) in [5, 5.41) is 2.79. The summed E-state index contributed by atoms with van der Waals surface area (Å²) >= 11 is 0. The van der Waals surface area contributed by atoms with Gasteiger partial charge in [0, 0.05) is 18.7 Å². The largest absolute Gasteiger partial charge is 0.344 e. The second-order valence-electron chi connectivity index (χ2n) is 6.61. The van der Waals surface area contributed by atoms with Crippen molar-refractivity contribution in [1.82, 2.24) is 5.32 Å². The zero-order valence-corrected chi connectivity index (χ0v) is 12.6. The molecule has 1 N–H and O–H groups in total. The first-order valence-electron chi connectivity index (χ1n) is 7.12. The average molecular weight is 292 g/mol. The fourth-order valence-corrected chi connectivity index (χ4v) is 2.42. The maximum absolute atomic E-state index is 12.9. The number of carbonyl (C=O) groups excluding carboxylic acids is 2. The molecule has 0 saturated carbocycles. The first kappa shape index (κ1) is 15.5. The molecule has 21 heavy (non-hydrogen) atoms. The smallest absolute Gasteiger partial charge is 0.249 e. The van der Waals surface area contributed by atoms with Crippen LogP contribution in [0.3, 0.4) is 0 Å². The van der Waals surface area contributed by atoms with E-state index in [-0.39, 0.29) is 23.0 Å². The van der Waals surface area contributed by atoms with Crippen molar-refractivity contribution in [3.8, 4) is 0 Å². The first-order chi connectivity index (χ1) is 9.76. The molecule has 4 nitrogen and oxygen atoms in total. The number of benzene rings is 1. The number of hydrogen-bond donors (Lipinski definition) is 1. The van der Waals surface area contributed by atoms with E-state index in [9.17, 15) is 14.0 Å². The van der Waals surface area contributed by atoms with Gasteiger partial charge in [0.25, 0.3) is 0 Å². The maximum Gasteiger partial charge on any atom is 0.249 e. The van der Waals surface area contributed by atoms with Crippen LogP contribution in [0.5, 0.6) is 0 Å². The standard InChI is InChI=1S/C16H21FN2O2/c1-16(2,3)10-14(20)18-13-8-9-19(15(13)21)12-6-4-11(17)5-7-12/h4-7,13H,8-10H2,1-3H3,(H,18,20). The Hall–Kier alpha value is -1.91. The summed E-state index contributed by atoms with van der Waals surface area (Å²) in [6.45, 7) is 6.47. The topological polar surface area (TPSA) is 49.4 Å². The van der Waals surface area contributed by atoms with Crippen molar-refractivity contribution in [2.45, 2.75) is 39.7 Å². The average Bonchev–Trinajstić information content (AvgIpc) is 2.70. The van der Waals surface area contributed by atoms with Gasteiger partial charge < -0.3 is 10.2 Å². The summed E-state index contributed by atoms with van der Waals surface area (Å²) < 4.78 is 12.9. The molecule has 0 spiro atoms. The lowest BCUT2D eigenvalue weighted by atomic mass is 9.92. The van der Waals surface area contributed by atoms with Crippen LogP contribution in [0.4, 0.5) is 10.1 Å². The third-order valence-corrected chi connectivity index (χ3v) is 3.37. The van der Waals surface area contributed by atoms with Crippen molar-refractivity contribution < 1.29 is 14.0 Å². The van der Waals surface area contributed by atoms with E-state index in [0.29, 0.717) is 25.1 Å². The van der Waals surface area contributed by atoms with E-state index in [4.69, 9.17) is 0 Å². The molecule has 1 aromatic rings. The van der Waals surface area contributed by atoms with Crippen molar-refractivity contribution in [2.24, 2.45) is 5.41 Å². The van der Waals surface area contributed by atoms with Crippen LogP contribution in [0.1, 0.15) is 33.6 Å². The number of nitrogens with zero attached hydrogens (tertiary/aromatic N) is 1. The fraction of sp³-hybridized carbons (Fsp3) is 0.500. The van der Waals surface area contributed by atoms with Gasteiger partial charge in [-0.1, -0.05) is 20.8 Å². The summed E-state index contributed by atoms with van der Waals surface area (Å²) in [6.07, 6.45) is 0.958. The summed E-state index contributed by atoms with van der Waals surface area (Å²) in [7, 11) is 0. The minimum atomic E-state index is -0.482. The van der Waals surface area contributed by atoms with Crippen LogP contribution in [0.15, 0.2) is 24.3 Å². The Balaban J connectivity index is 1.98. The molecule has 1 aromatic carbocycles. The minimum Gasteiger partial charge on any atom is -0.344 e. The van der Waals surface area contributed by atoms with Crippen molar-refractivity contribution in [3.05, 3.63) is 30.1 Å². The van der Waals surface area contributed by atoms with Gasteiger partial charge in [-0.25, -0.2) is 4.39 Å². The Morgan fingerprint density at radius 1 is 1.33 bits per heavy atom. The van der Waals surface area contributed by atoms with Crippen LogP contribution in [-0.4, -0.2) is 24.4 Å². The molecule has 5 heteroatoms. The number of anilines is 1. The SMILES string of the molecule is CC(C)(C)CC(=O)NC1CCN(c2ccc(F)cc2)C1=O. The highest BCUT2D eigenvalue weighted by Gasteiger charge is 2.34. The Kier molecular flexibility index (Phi) is 4.30. The molecule has 1 aliphatic heterocycles. The summed E-state index contributed by atoms with van der Waals surface area (Å²) in [4.78, 5) is 25.8. The highest BCUT2D eigenvalue weighted by atomic mass is 19.1. The van der Waals surface area contributed by atoms with Gasteiger partial charge in [0.1, 0.15) is 11.9 Å². The number of rotatable bonds is 3. The van der Waals surface area contributed by atoms with E-state index < -0.39 is 6.04 Å². The lowest BCUT2D eigenvalue weighted by Gasteiger charge is -2.20. The number of nitrogens with one attached hydrogen (secondary N) is 1. The Morgan fingerprint density at radius 2 is 1.95 bits per heavy atom. The maximum atomic E-state index is 12.9. The zero-order chi connectivity index (χ0) is 15.6. The quantitative estimate of drug-likeness (QED) is 0.930. The normalized spacial score (nSPS) is 19.0. The molecule has 0 aliphatic carbocycles. The predicted molar refractivity (Wildman–Crippen MR) is 79.4 cm³/mol. The van der Waals surface area contributed by atoms with Crippen molar-refractivity contribution >= 4 is 17.5 Å². The lowest BCUT2D eigenvalue weighted by Crippen LogP contribution is -2.42. The van der Waals surface area contributed by atoms with Crippen molar-refractivity contribution in [3.63, 3.8) is 0 Å². The molecule has 0 aromatic heterocycles. The number of halogens is 1. The zero-order valence-electron chi connectivity index (χ0n) is 12.6. The molecule has 1 heterocycles. The van der Waals surface area contributed by atoms with Gasteiger partial charge in [0.05, 0.1) is 0 Å². The predicted octanol–water partition coefficient (Wildman–Crippen LogP) is 2.48. The highest BCUT2D eigenvalue weighted by Crippen LogP contribution is 2.23. The monoisotopic (exact) mass is 292 g/mol. The van der Waals surface area contributed by atoms with E-state index in [1.165, 1.54) is 12.1 Å². The van der Waals surface area contributed by atoms with Gasteiger partial charge >= 0.3 is 0 Å². The molecule has 1 saturated heterocycles. The third kappa shape index (κ3) is 4.03. The van der Waals surface area contributed by atoms with Crippen LogP contribution < -0.4 is 10.2 Å². The van der Waals surface area contributed by atoms with Crippen LogP contribution in [-0.2, 0) is 9.59 Å². The molecule has 1 fully saturated rings. The number of amides is 2. The molecule has 1 aliphatic rings. The van der Waals surface area contributed by atoms with Crippen molar-refractivity contribution in [2.75, 3.05) is 11.4 Å². The second kappa shape index (κ2) is 5.84. The Morgan fingerprint density at radius 3 is 2.52 bits per heavy atom. The van der Waals surface area contributed by atoms with E-state index in [1.54, 1.807) is 17.0 Å². The van der Waals surface area contributed by atoms with Gasteiger partial charge in [-0.15, -0.1) is 0 Å². The molecule has 0 bridgehead atoms. The van der Waals surface area contributed by atoms with Gasteiger partial charge in [-0.2, -0.15) is 0 Å². The molecular weight excluding hydrogens is 271 g/mol. The summed E-state index contributed by atoms with van der Waals surface area (Å²) in [6, 6.07) is 5.33. The van der Waals surface area contributed by atoms with Crippen LogP contribution in [0.25, 0.3) is 0 Å². The first-order valence-corrected chi connectivity index (χ1v) is 7.12. The number of hydrogen-bond acceptors (Lipinski definition) is 2. The summed E-state index contributed by atoms with van der Waals surface area (Å²) in [5.74, 6) is -0.578. The van der Waals surface area contributed by atoms with Crippen LogP contribution >= 0.6 is 0 Å². The second-order valence-corrected chi connectivity index (χ2v) is 6.61. The molecule has 1 atom stereocenters. The van der Waals surface area contributed by atoms with E-state index in [0.717, 1.165) is 0 Å². The van der Waals surface area contributed by atoms with Crippen molar-refractivity contribution in [1.29, 1.82) is 0 Å². The lowest BCUT2D eigenvalue weighted by molar-refractivity contribution is -0.127. The molecule has 2 amide bonds. The Bertz CT molecular complexity index is 534. The van der Waals surface area contributed by atoms with Gasteiger partial charge in [-0.3, -0.25) is 9.59 Å². The molecule has 114 valence electrons. The van der Waals surface area contributed by atoms with E-state index >= 15 is 0 Å².